The molecule has 2 rings (SSSR count). The highest BCUT2D eigenvalue weighted by molar-refractivity contribution is 5.96. The molecular weight excluding hydrogens is 406 g/mol. The maximum Gasteiger partial charge on any atom is 0.337 e. The lowest BCUT2D eigenvalue weighted by atomic mass is 9.85. The van der Waals surface area contributed by atoms with Gasteiger partial charge < -0.3 is 19.5 Å². The third-order valence-electron chi connectivity index (χ3n) is 5.47. The SMILES string of the molecule is CCCC(CC(=O)Nc1cc(C(=O)OC)ccc1C(C)(C)C)c1ccc(OC)cc1OC. The normalized spacial score (nSPS) is 12.1. The van der Waals surface area contributed by atoms with Crippen LogP contribution in [-0.2, 0) is 14.9 Å². The number of carbonyl (C=O) groups excluding carboxylic acids is 2. The molecule has 0 radical (unpaired) electrons. The van der Waals surface area contributed by atoms with Crippen molar-refractivity contribution in [1.82, 2.24) is 0 Å². The smallest absolute Gasteiger partial charge is 0.337 e. The highest BCUT2D eigenvalue weighted by Gasteiger charge is 2.24. The van der Waals surface area contributed by atoms with E-state index in [1.807, 2.05) is 24.3 Å². The van der Waals surface area contributed by atoms with Crippen LogP contribution in [0.2, 0.25) is 0 Å². The van der Waals surface area contributed by atoms with Crippen LogP contribution < -0.4 is 14.8 Å². The van der Waals surface area contributed by atoms with Crippen LogP contribution in [0.1, 0.15) is 74.4 Å². The standard InChI is InChI=1S/C26H35NO5/c1-8-9-17(20-12-11-19(30-5)16-23(20)31-6)15-24(28)27-22-14-18(25(29)32-7)10-13-21(22)26(2,3)4/h10-14,16-17H,8-9,15H2,1-7H3,(H,27,28). The number of anilines is 1. The lowest BCUT2D eigenvalue weighted by molar-refractivity contribution is -0.116. The minimum Gasteiger partial charge on any atom is -0.497 e. The van der Waals surface area contributed by atoms with Crippen LogP contribution in [-0.4, -0.2) is 33.2 Å². The minimum atomic E-state index is -0.437. The number of ether oxygens (including phenoxy) is 3. The monoisotopic (exact) mass is 441 g/mol. The summed E-state index contributed by atoms with van der Waals surface area (Å²) >= 11 is 0. The molecule has 1 N–H and O–H groups in total. The molecule has 0 spiro atoms. The Labute approximate surface area is 191 Å². The summed E-state index contributed by atoms with van der Waals surface area (Å²) in [5.74, 6) is 0.850. The van der Waals surface area contributed by atoms with E-state index in [1.165, 1.54) is 7.11 Å². The second-order valence-corrected chi connectivity index (χ2v) is 8.85. The zero-order valence-electron chi connectivity index (χ0n) is 20.2. The summed E-state index contributed by atoms with van der Waals surface area (Å²) in [6, 6.07) is 11.0. The number of methoxy groups -OCH3 is 3. The van der Waals surface area contributed by atoms with Crippen molar-refractivity contribution < 1.29 is 23.8 Å². The first-order valence-electron chi connectivity index (χ1n) is 10.9. The van der Waals surface area contributed by atoms with Crippen LogP contribution in [0.5, 0.6) is 11.5 Å². The Bertz CT molecular complexity index is 946. The molecule has 32 heavy (non-hydrogen) atoms. The van der Waals surface area contributed by atoms with Gasteiger partial charge in [0.2, 0.25) is 5.91 Å². The number of nitrogens with one attached hydrogen (secondary N) is 1. The van der Waals surface area contributed by atoms with E-state index in [0.29, 0.717) is 29.2 Å². The first kappa shape index (κ1) is 25.2. The topological polar surface area (TPSA) is 73.9 Å². The van der Waals surface area contributed by atoms with Crippen LogP contribution in [0, 0.1) is 0 Å². The molecule has 1 amide bonds. The number of hydrogen-bond donors (Lipinski definition) is 1. The highest BCUT2D eigenvalue weighted by Crippen LogP contribution is 2.36. The molecule has 0 aliphatic rings. The van der Waals surface area contributed by atoms with Gasteiger partial charge in [-0.05, 0) is 47.1 Å². The molecule has 0 aromatic heterocycles. The second kappa shape index (κ2) is 11.0. The fourth-order valence-electron chi connectivity index (χ4n) is 3.84. The van der Waals surface area contributed by atoms with Crippen LogP contribution in [0.3, 0.4) is 0 Å². The fourth-order valence-corrected chi connectivity index (χ4v) is 3.84. The lowest BCUT2D eigenvalue weighted by Gasteiger charge is -2.24. The number of esters is 1. The van der Waals surface area contributed by atoms with Crippen molar-refractivity contribution in [2.75, 3.05) is 26.6 Å². The van der Waals surface area contributed by atoms with Crippen LogP contribution in [0.4, 0.5) is 5.69 Å². The van der Waals surface area contributed by atoms with E-state index in [9.17, 15) is 9.59 Å². The third-order valence-corrected chi connectivity index (χ3v) is 5.47. The van der Waals surface area contributed by atoms with Crippen molar-refractivity contribution >= 4 is 17.6 Å². The average Bonchev–Trinajstić information content (AvgIpc) is 2.76. The predicted octanol–water partition coefficient (Wildman–Crippen LogP) is 5.70. The molecule has 2 aromatic carbocycles. The van der Waals surface area contributed by atoms with Gasteiger partial charge in [-0.1, -0.05) is 46.2 Å². The molecule has 0 bridgehead atoms. The molecular formula is C26H35NO5. The van der Waals surface area contributed by atoms with Crippen LogP contribution in [0.25, 0.3) is 0 Å². The predicted molar refractivity (Wildman–Crippen MR) is 127 cm³/mol. The summed E-state index contributed by atoms with van der Waals surface area (Å²) < 4.78 is 15.7. The van der Waals surface area contributed by atoms with E-state index in [1.54, 1.807) is 26.4 Å². The van der Waals surface area contributed by atoms with Crippen molar-refractivity contribution in [3.8, 4) is 11.5 Å². The molecule has 2 aromatic rings. The van der Waals surface area contributed by atoms with Gasteiger partial charge in [0.25, 0.3) is 0 Å². The third kappa shape index (κ3) is 6.25. The summed E-state index contributed by atoms with van der Waals surface area (Å²) in [7, 11) is 4.58. The second-order valence-electron chi connectivity index (χ2n) is 8.85. The molecule has 0 aliphatic carbocycles. The molecule has 1 unspecified atom stereocenters. The Hall–Kier alpha value is -3.02. The first-order valence-corrected chi connectivity index (χ1v) is 10.9. The number of benzene rings is 2. The van der Waals surface area contributed by atoms with Gasteiger partial charge in [-0.25, -0.2) is 4.79 Å². The average molecular weight is 442 g/mol. The molecule has 6 heteroatoms. The quantitative estimate of drug-likeness (QED) is 0.505. The van der Waals surface area contributed by atoms with Crippen molar-refractivity contribution in [1.29, 1.82) is 0 Å². The molecule has 0 heterocycles. The van der Waals surface area contributed by atoms with Gasteiger partial charge >= 0.3 is 5.97 Å². The maximum absolute atomic E-state index is 13.1. The van der Waals surface area contributed by atoms with E-state index in [-0.39, 0.29) is 17.2 Å². The highest BCUT2D eigenvalue weighted by atomic mass is 16.5. The van der Waals surface area contributed by atoms with E-state index in [2.05, 4.69) is 33.0 Å². The van der Waals surface area contributed by atoms with E-state index < -0.39 is 5.97 Å². The zero-order valence-corrected chi connectivity index (χ0v) is 20.2. The molecule has 0 fully saturated rings. The molecule has 6 nitrogen and oxygen atoms in total. The number of carbonyl (C=O) groups is 2. The van der Waals surface area contributed by atoms with Gasteiger partial charge in [-0.15, -0.1) is 0 Å². The Morgan fingerprint density at radius 3 is 2.28 bits per heavy atom. The van der Waals surface area contributed by atoms with Gasteiger partial charge in [0, 0.05) is 18.2 Å². The zero-order chi connectivity index (χ0) is 23.9. The maximum atomic E-state index is 13.1. The molecule has 0 aliphatic heterocycles. The van der Waals surface area contributed by atoms with Gasteiger partial charge in [-0.3, -0.25) is 4.79 Å². The number of rotatable bonds is 9. The molecule has 0 saturated heterocycles. The Balaban J connectivity index is 2.34. The summed E-state index contributed by atoms with van der Waals surface area (Å²) in [5, 5.41) is 3.04. The first-order chi connectivity index (χ1) is 15.1. The largest absolute Gasteiger partial charge is 0.497 e. The van der Waals surface area contributed by atoms with Crippen molar-refractivity contribution in [3.63, 3.8) is 0 Å². The Morgan fingerprint density at radius 1 is 1.00 bits per heavy atom. The number of hydrogen-bond acceptors (Lipinski definition) is 5. The molecule has 0 saturated carbocycles. The van der Waals surface area contributed by atoms with Crippen LogP contribution >= 0.6 is 0 Å². The van der Waals surface area contributed by atoms with Gasteiger partial charge in [-0.2, -0.15) is 0 Å². The van der Waals surface area contributed by atoms with Gasteiger partial charge in [0.1, 0.15) is 11.5 Å². The van der Waals surface area contributed by atoms with Gasteiger partial charge in [0.15, 0.2) is 0 Å². The number of amides is 1. The Morgan fingerprint density at radius 2 is 1.72 bits per heavy atom. The summed E-state index contributed by atoms with van der Waals surface area (Å²) in [6.07, 6.45) is 2.06. The van der Waals surface area contributed by atoms with E-state index in [4.69, 9.17) is 14.2 Å². The summed E-state index contributed by atoms with van der Waals surface area (Å²) in [6.45, 7) is 8.30. The van der Waals surface area contributed by atoms with Crippen molar-refractivity contribution in [3.05, 3.63) is 53.1 Å². The molecule has 1 atom stereocenters. The molecule has 174 valence electrons. The van der Waals surface area contributed by atoms with Crippen molar-refractivity contribution in [2.45, 2.75) is 58.3 Å². The summed E-state index contributed by atoms with van der Waals surface area (Å²) in [5.41, 5.74) is 2.75. The summed E-state index contributed by atoms with van der Waals surface area (Å²) in [4.78, 5) is 25.2. The Kier molecular flexibility index (Phi) is 8.70. The minimum absolute atomic E-state index is 0.0114. The van der Waals surface area contributed by atoms with Crippen LogP contribution in [0.15, 0.2) is 36.4 Å². The van der Waals surface area contributed by atoms with E-state index >= 15 is 0 Å². The van der Waals surface area contributed by atoms with Crippen molar-refractivity contribution in [2.24, 2.45) is 0 Å². The van der Waals surface area contributed by atoms with Gasteiger partial charge in [0.05, 0.1) is 26.9 Å². The van der Waals surface area contributed by atoms with E-state index in [0.717, 1.165) is 24.0 Å². The fraction of sp³-hybridized carbons (Fsp3) is 0.462. The lowest BCUT2D eigenvalue weighted by Crippen LogP contribution is -2.21.